The molecule has 0 bridgehead atoms. The van der Waals surface area contributed by atoms with Gasteiger partial charge in [0, 0.05) is 26.0 Å². The zero-order chi connectivity index (χ0) is 17.4. The Hall–Kier alpha value is -2.69. The molecule has 4 rings (SSSR count). The van der Waals surface area contributed by atoms with Crippen molar-refractivity contribution in [1.29, 1.82) is 0 Å². The first-order valence-electron chi connectivity index (χ1n) is 8.79. The Kier molecular flexibility index (Phi) is 3.99. The molecule has 0 N–H and O–H groups in total. The van der Waals surface area contributed by atoms with Gasteiger partial charge < -0.3 is 4.90 Å². The number of nitrogens with zero attached hydrogens (tertiary/aromatic N) is 5. The molecule has 5 nitrogen and oxygen atoms in total. The monoisotopic (exact) mass is 333 g/mol. The Balaban J connectivity index is 1.74. The molecule has 1 aromatic carbocycles. The highest BCUT2D eigenvalue weighted by atomic mass is 15.3. The molecule has 1 aliphatic heterocycles. The highest BCUT2D eigenvalue weighted by molar-refractivity contribution is 5.60. The van der Waals surface area contributed by atoms with Gasteiger partial charge in [0.1, 0.15) is 0 Å². The van der Waals surface area contributed by atoms with E-state index in [1.807, 2.05) is 30.2 Å². The zero-order valence-electron chi connectivity index (χ0n) is 15.0. The molecule has 1 atom stereocenters. The number of anilines is 1. The predicted octanol–water partition coefficient (Wildman–Crippen LogP) is 3.84. The van der Waals surface area contributed by atoms with Gasteiger partial charge in [-0.05, 0) is 49.4 Å². The molecule has 1 fully saturated rings. The van der Waals surface area contributed by atoms with E-state index in [2.05, 4.69) is 53.1 Å². The Labute approximate surface area is 148 Å². The fourth-order valence-corrected chi connectivity index (χ4v) is 3.73. The second kappa shape index (κ2) is 6.31. The molecule has 1 aliphatic rings. The quantitative estimate of drug-likeness (QED) is 0.731. The second-order valence-electron chi connectivity index (χ2n) is 6.75. The van der Waals surface area contributed by atoms with Gasteiger partial charge in [0.25, 0.3) is 0 Å². The lowest BCUT2D eigenvalue weighted by Gasteiger charge is -2.26. The molecule has 2 aromatic heterocycles. The number of benzene rings is 1. The molecule has 25 heavy (non-hydrogen) atoms. The van der Waals surface area contributed by atoms with Crippen LogP contribution in [0.5, 0.6) is 0 Å². The third-order valence-electron chi connectivity index (χ3n) is 5.08. The highest BCUT2D eigenvalue weighted by Gasteiger charge is 2.29. The standard InChI is InChI=1S/C20H23N5/c1-14-7-4-5-8-16(14)17-9-6-12-25(17)20-21-13-15(2)19(23-20)18-10-11-22-24(18)3/h4-5,7-8,10-11,13,17H,6,9,12H2,1-3H3. The summed E-state index contributed by atoms with van der Waals surface area (Å²) in [7, 11) is 1.95. The molecule has 1 unspecified atom stereocenters. The van der Waals surface area contributed by atoms with Crippen molar-refractivity contribution in [2.45, 2.75) is 32.7 Å². The maximum Gasteiger partial charge on any atom is 0.226 e. The number of aryl methyl sites for hydroxylation is 3. The minimum absolute atomic E-state index is 0.350. The van der Waals surface area contributed by atoms with Gasteiger partial charge in [-0.2, -0.15) is 5.10 Å². The fourth-order valence-electron chi connectivity index (χ4n) is 3.73. The summed E-state index contributed by atoms with van der Waals surface area (Å²) >= 11 is 0. The molecule has 0 amide bonds. The Bertz CT molecular complexity index is 899. The Morgan fingerprint density at radius 2 is 1.92 bits per heavy atom. The van der Waals surface area contributed by atoms with Crippen LogP contribution in [0.1, 0.15) is 35.6 Å². The highest BCUT2D eigenvalue weighted by Crippen LogP contribution is 2.36. The molecular weight excluding hydrogens is 310 g/mol. The molecule has 0 spiro atoms. The van der Waals surface area contributed by atoms with E-state index in [1.54, 1.807) is 0 Å². The van der Waals surface area contributed by atoms with Crippen LogP contribution in [-0.4, -0.2) is 26.3 Å². The summed E-state index contributed by atoms with van der Waals surface area (Å²) in [6.45, 7) is 5.23. The summed E-state index contributed by atoms with van der Waals surface area (Å²) in [5, 5.41) is 4.28. The largest absolute Gasteiger partial charge is 0.334 e. The lowest BCUT2D eigenvalue weighted by atomic mass is 9.99. The van der Waals surface area contributed by atoms with E-state index in [0.29, 0.717) is 6.04 Å². The zero-order valence-corrected chi connectivity index (χ0v) is 15.0. The maximum atomic E-state index is 4.92. The minimum Gasteiger partial charge on any atom is -0.334 e. The van der Waals surface area contributed by atoms with E-state index in [-0.39, 0.29) is 0 Å². The third kappa shape index (κ3) is 2.80. The number of hydrogen-bond acceptors (Lipinski definition) is 4. The van der Waals surface area contributed by atoms with Crippen LogP contribution in [0.2, 0.25) is 0 Å². The summed E-state index contributed by atoms with van der Waals surface area (Å²) in [6, 6.07) is 11.0. The van der Waals surface area contributed by atoms with Crippen molar-refractivity contribution < 1.29 is 0 Å². The molecule has 3 heterocycles. The van der Waals surface area contributed by atoms with Crippen molar-refractivity contribution in [2.24, 2.45) is 7.05 Å². The predicted molar refractivity (Wildman–Crippen MR) is 99.5 cm³/mol. The average molecular weight is 333 g/mol. The van der Waals surface area contributed by atoms with E-state index in [0.717, 1.165) is 42.3 Å². The van der Waals surface area contributed by atoms with Crippen LogP contribution in [0, 0.1) is 13.8 Å². The van der Waals surface area contributed by atoms with E-state index < -0.39 is 0 Å². The minimum atomic E-state index is 0.350. The smallest absolute Gasteiger partial charge is 0.226 e. The lowest BCUT2D eigenvalue weighted by Crippen LogP contribution is -2.25. The average Bonchev–Trinajstić information content (AvgIpc) is 3.25. The van der Waals surface area contributed by atoms with Crippen LogP contribution in [0.25, 0.3) is 11.4 Å². The second-order valence-corrected chi connectivity index (χ2v) is 6.75. The van der Waals surface area contributed by atoms with Crippen molar-refractivity contribution >= 4 is 5.95 Å². The number of rotatable bonds is 3. The summed E-state index contributed by atoms with van der Waals surface area (Å²) in [5.41, 5.74) is 5.76. The van der Waals surface area contributed by atoms with Gasteiger partial charge in [0.05, 0.1) is 17.4 Å². The molecule has 0 saturated carbocycles. The van der Waals surface area contributed by atoms with Crippen LogP contribution in [0.3, 0.4) is 0 Å². The van der Waals surface area contributed by atoms with Gasteiger partial charge in [-0.15, -0.1) is 0 Å². The van der Waals surface area contributed by atoms with Crippen molar-refractivity contribution in [1.82, 2.24) is 19.7 Å². The Morgan fingerprint density at radius 3 is 2.68 bits per heavy atom. The molecule has 3 aromatic rings. The first kappa shape index (κ1) is 15.8. The van der Waals surface area contributed by atoms with Crippen molar-refractivity contribution in [3.8, 4) is 11.4 Å². The van der Waals surface area contributed by atoms with E-state index in [1.165, 1.54) is 11.1 Å². The molecule has 128 valence electrons. The number of hydrogen-bond donors (Lipinski definition) is 0. The van der Waals surface area contributed by atoms with Gasteiger partial charge in [-0.3, -0.25) is 4.68 Å². The van der Waals surface area contributed by atoms with Crippen LogP contribution in [-0.2, 0) is 7.05 Å². The van der Waals surface area contributed by atoms with Crippen LogP contribution in [0.4, 0.5) is 5.95 Å². The SMILES string of the molecule is Cc1ccccc1C1CCCN1c1ncc(C)c(-c2ccnn2C)n1. The van der Waals surface area contributed by atoms with Crippen LogP contribution < -0.4 is 4.90 Å². The summed E-state index contributed by atoms with van der Waals surface area (Å²) < 4.78 is 1.86. The third-order valence-corrected chi connectivity index (χ3v) is 5.08. The summed E-state index contributed by atoms with van der Waals surface area (Å²) in [6.07, 6.45) is 6.04. The summed E-state index contributed by atoms with van der Waals surface area (Å²) in [5.74, 6) is 0.813. The van der Waals surface area contributed by atoms with Crippen molar-refractivity contribution in [3.05, 3.63) is 59.4 Å². The van der Waals surface area contributed by atoms with Crippen molar-refractivity contribution in [2.75, 3.05) is 11.4 Å². The molecule has 0 radical (unpaired) electrons. The molecule has 5 heteroatoms. The van der Waals surface area contributed by atoms with Gasteiger partial charge in [0.15, 0.2) is 0 Å². The van der Waals surface area contributed by atoms with E-state index in [4.69, 9.17) is 4.98 Å². The summed E-state index contributed by atoms with van der Waals surface area (Å²) in [4.78, 5) is 11.9. The molecule has 0 aliphatic carbocycles. The van der Waals surface area contributed by atoms with E-state index in [9.17, 15) is 0 Å². The van der Waals surface area contributed by atoms with E-state index >= 15 is 0 Å². The van der Waals surface area contributed by atoms with Gasteiger partial charge >= 0.3 is 0 Å². The topological polar surface area (TPSA) is 46.8 Å². The van der Waals surface area contributed by atoms with Crippen LogP contribution in [0.15, 0.2) is 42.7 Å². The van der Waals surface area contributed by atoms with Gasteiger partial charge in [-0.1, -0.05) is 24.3 Å². The fraction of sp³-hybridized carbons (Fsp3) is 0.350. The van der Waals surface area contributed by atoms with Crippen LogP contribution >= 0.6 is 0 Å². The number of aromatic nitrogens is 4. The van der Waals surface area contributed by atoms with Crippen molar-refractivity contribution in [3.63, 3.8) is 0 Å². The van der Waals surface area contributed by atoms with Gasteiger partial charge in [0.2, 0.25) is 5.95 Å². The first-order chi connectivity index (χ1) is 12.1. The molecule has 1 saturated heterocycles. The maximum absolute atomic E-state index is 4.92. The first-order valence-corrected chi connectivity index (χ1v) is 8.79. The normalized spacial score (nSPS) is 17.2. The van der Waals surface area contributed by atoms with Gasteiger partial charge in [-0.25, -0.2) is 9.97 Å². The lowest BCUT2D eigenvalue weighted by molar-refractivity contribution is 0.696. The molecular formula is C20H23N5. The Morgan fingerprint density at radius 1 is 1.08 bits per heavy atom.